The van der Waals surface area contributed by atoms with Crippen LogP contribution in [0.3, 0.4) is 0 Å². The fourth-order valence-electron chi connectivity index (χ4n) is 1.70. The number of aryl methyl sites for hydroxylation is 1. The highest BCUT2D eigenvalue weighted by Gasteiger charge is 2.13. The fraction of sp³-hybridized carbons (Fsp3) is 0.154. The van der Waals surface area contributed by atoms with Crippen LogP contribution < -0.4 is 5.32 Å². The van der Waals surface area contributed by atoms with E-state index in [0.29, 0.717) is 17.3 Å². The van der Waals surface area contributed by atoms with Crippen molar-refractivity contribution in [1.82, 2.24) is 4.57 Å². The summed E-state index contributed by atoms with van der Waals surface area (Å²) in [6.07, 6.45) is 1.75. The Balaban J connectivity index is 2.22. The number of amides is 1. The van der Waals surface area contributed by atoms with Gasteiger partial charge in [-0.25, -0.2) is 0 Å². The molecule has 1 aromatic heterocycles. The lowest BCUT2D eigenvalue weighted by atomic mass is 10.3. The van der Waals surface area contributed by atoms with Gasteiger partial charge in [0.05, 0.1) is 5.02 Å². The quantitative estimate of drug-likeness (QED) is 0.667. The number of carbonyl (C=O) groups is 1. The van der Waals surface area contributed by atoms with Crippen LogP contribution in [-0.4, -0.2) is 10.5 Å². The van der Waals surface area contributed by atoms with Gasteiger partial charge < -0.3 is 9.88 Å². The summed E-state index contributed by atoms with van der Waals surface area (Å²) in [6, 6.07) is 7.34. The van der Waals surface area contributed by atoms with E-state index in [1.807, 2.05) is 29.7 Å². The lowest BCUT2D eigenvalue weighted by Crippen LogP contribution is -2.16. The van der Waals surface area contributed by atoms with E-state index in [4.69, 9.17) is 11.6 Å². The van der Waals surface area contributed by atoms with Crippen LogP contribution in [-0.2, 0) is 6.54 Å². The standard InChI is InChI=1S/C13H11BrClIN2O/c1-2-18-7-8(15)5-12(18)13(19)17-9-3-4-10(14)11(16)6-9/h3-7H,2H2,1H3,(H,17,19). The summed E-state index contributed by atoms with van der Waals surface area (Å²) in [5, 5.41) is 3.44. The van der Waals surface area contributed by atoms with E-state index in [1.54, 1.807) is 12.3 Å². The van der Waals surface area contributed by atoms with Crippen LogP contribution in [0.25, 0.3) is 0 Å². The average Bonchev–Trinajstić information content (AvgIpc) is 2.75. The summed E-state index contributed by atoms with van der Waals surface area (Å²) < 4.78 is 3.87. The van der Waals surface area contributed by atoms with Gasteiger partial charge in [-0.05, 0) is 69.7 Å². The number of halogens is 3. The highest BCUT2D eigenvalue weighted by molar-refractivity contribution is 14.1. The Kier molecular flexibility index (Phi) is 4.92. The summed E-state index contributed by atoms with van der Waals surface area (Å²) in [5.74, 6) is -0.160. The summed E-state index contributed by atoms with van der Waals surface area (Å²) in [6.45, 7) is 2.67. The van der Waals surface area contributed by atoms with Gasteiger partial charge in [0.1, 0.15) is 5.69 Å². The molecule has 0 aliphatic heterocycles. The second-order valence-electron chi connectivity index (χ2n) is 3.91. The Bertz CT molecular complexity index is 627. The van der Waals surface area contributed by atoms with Crippen LogP contribution in [0.2, 0.25) is 5.02 Å². The largest absolute Gasteiger partial charge is 0.342 e. The Morgan fingerprint density at radius 1 is 1.47 bits per heavy atom. The van der Waals surface area contributed by atoms with Gasteiger partial charge in [-0.3, -0.25) is 4.79 Å². The van der Waals surface area contributed by atoms with Crippen molar-refractivity contribution in [3.8, 4) is 0 Å². The average molecular weight is 454 g/mol. The molecule has 0 aliphatic rings. The van der Waals surface area contributed by atoms with Crippen molar-refractivity contribution in [3.05, 3.63) is 49.2 Å². The lowest BCUT2D eigenvalue weighted by molar-refractivity contribution is 0.101. The topological polar surface area (TPSA) is 34.0 Å². The monoisotopic (exact) mass is 452 g/mol. The highest BCUT2D eigenvalue weighted by atomic mass is 127. The molecule has 0 bridgehead atoms. The number of carbonyl (C=O) groups excluding carboxylic acids is 1. The first-order chi connectivity index (χ1) is 9.01. The fourth-order valence-corrected chi connectivity index (χ4v) is 2.68. The highest BCUT2D eigenvalue weighted by Crippen LogP contribution is 2.23. The van der Waals surface area contributed by atoms with Crippen LogP contribution in [0.1, 0.15) is 17.4 Å². The number of hydrogen-bond acceptors (Lipinski definition) is 1. The zero-order chi connectivity index (χ0) is 14.0. The van der Waals surface area contributed by atoms with E-state index >= 15 is 0 Å². The maximum Gasteiger partial charge on any atom is 0.272 e. The third kappa shape index (κ3) is 3.52. The molecular formula is C13H11BrClIN2O. The zero-order valence-corrected chi connectivity index (χ0v) is 14.6. The number of nitrogens with one attached hydrogen (secondary N) is 1. The number of anilines is 1. The molecule has 0 spiro atoms. The van der Waals surface area contributed by atoms with Crippen LogP contribution >= 0.6 is 50.1 Å². The normalized spacial score (nSPS) is 10.5. The minimum Gasteiger partial charge on any atom is -0.342 e. The van der Waals surface area contributed by atoms with Gasteiger partial charge in [-0.1, -0.05) is 11.6 Å². The number of hydrogen-bond donors (Lipinski definition) is 1. The molecule has 1 N–H and O–H groups in total. The molecule has 1 heterocycles. The predicted molar refractivity (Wildman–Crippen MR) is 89.9 cm³/mol. The molecule has 3 nitrogen and oxygen atoms in total. The Labute approximate surface area is 138 Å². The van der Waals surface area contributed by atoms with E-state index < -0.39 is 0 Å². The van der Waals surface area contributed by atoms with E-state index in [0.717, 1.165) is 13.7 Å². The lowest BCUT2D eigenvalue weighted by Gasteiger charge is -2.08. The first kappa shape index (κ1) is 14.9. The number of rotatable bonds is 3. The van der Waals surface area contributed by atoms with Crippen molar-refractivity contribution in [2.45, 2.75) is 13.5 Å². The molecule has 0 saturated carbocycles. The molecule has 1 amide bonds. The number of benzene rings is 1. The van der Waals surface area contributed by atoms with Gasteiger partial charge in [-0.2, -0.15) is 0 Å². The second-order valence-corrected chi connectivity index (χ2v) is 6.37. The Hall–Kier alpha value is -0.530. The minimum atomic E-state index is -0.160. The summed E-state index contributed by atoms with van der Waals surface area (Å²) >= 11 is 11.6. The zero-order valence-electron chi connectivity index (χ0n) is 10.1. The van der Waals surface area contributed by atoms with E-state index in [2.05, 4.69) is 43.8 Å². The maximum atomic E-state index is 12.2. The molecule has 100 valence electrons. The molecule has 0 unspecified atom stereocenters. The van der Waals surface area contributed by atoms with Crippen molar-refractivity contribution in [1.29, 1.82) is 0 Å². The first-order valence-electron chi connectivity index (χ1n) is 5.63. The van der Waals surface area contributed by atoms with Crippen molar-refractivity contribution in [2.24, 2.45) is 0 Å². The van der Waals surface area contributed by atoms with Crippen molar-refractivity contribution >= 4 is 61.7 Å². The molecule has 2 rings (SSSR count). The van der Waals surface area contributed by atoms with E-state index in [9.17, 15) is 4.79 Å². The summed E-state index contributed by atoms with van der Waals surface area (Å²) in [7, 11) is 0. The maximum absolute atomic E-state index is 12.2. The minimum absolute atomic E-state index is 0.160. The molecule has 0 aliphatic carbocycles. The van der Waals surface area contributed by atoms with Crippen molar-refractivity contribution in [3.63, 3.8) is 0 Å². The van der Waals surface area contributed by atoms with Gasteiger partial charge in [0, 0.05) is 26.5 Å². The molecule has 1 aromatic carbocycles. The van der Waals surface area contributed by atoms with Gasteiger partial charge in [-0.15, -0.1) is 0 Å². The van der Waals surface area contributed by atoms with Gasteiger partial charge in [0.15, 0.2) is 0 Å². The van der Waals surface area contributed by atoms with Crippen molar-refractivity contribution in [2.75, 3.05) is 5.32 Å². The van der Waals surface area contributed by atoms with E-state index in [1.165, 1.54) is 0 Å². The van der Waals surface area contributed by atoms with Crippen LogP contribution in [0.5, 0.6) is 0 Å². The summed E-state index contributed by atoms with van der Waals surface area (Å²) in [5.41, 5.74) is 1.32. The second kappa shape index (κ2) is 6.28. The first-order valence-corrected chi connectivity index (χ1v) is 7.88. The summed E-state index contributed by atoms with van der Waals surface area (Å²) in [4.78, 5) is 12.2. The number of nitrogens with zero attached hydrogens (tertiary/aromatic N) is 1. The van der Waals surface area contributed by atoms with Gasteiger partial charge in [0.25, 0.3) is 5.91 Å². The number of aromatic nitrogens is 1. The SMILES string of the molecule is CCn1cc(Cl)cc1C(=O)Nc1ccc(Br)c(I)c1. The van der Waals surface area contributed by atoms with E-state index in [-0.39, 0.29) is 5.91 Å². The molecule has 19 heavy (non-hydrogen) atoms. The molecular weight excluding hydrogens is 442 g/mol. The van der Waals surface area contributed by atoms with Crippen molar-refractivity contribution < 1.29 is 4.79 Å². The Morgan fingerprint density at radius 3 is 2.84 bits per heavy atom. The predicted octanol–water partition coefficient (Wildman–Crippen LogP) is 4.78. The molecule has 2 aromatic rings. The molecule has 6 heteroatoms. The van der Waals surface area contributed by atoms with Crippen LogP contribution in [0.15, 0.2) is 34.9 Å². The third-order valence-corrected chi connectivity index (χ3v) is 5.15. The molecule has 0 atom stereocenters. The molecule has 0 radical (unpaired) electrons. The van der Waals surface area contributed by atoms with Crippen LogP contribution in [0.4, 0.5) is 5.69 Å². The van der Waals surface area contributed by atoms with Gasteiger partial charge in [0.2, 0.25) is 0 Å². The molecule has 0 saturated heterocycles. The van der Waals surface area contributed by atoms with Gasteiger partial charge >= 0.3 is 0 Å². The van der Waals surface area contributed by atoms with Crippen LogP contribution in [0, 0.1) is 3.57 Å². The third-order valence-electron chi connectivity index (χ3n) is 2.61. The molecule has 0 fully saturated rings. The smallest absolute Gasteiger partial charge is 0.272 e. The Morgan fingerprint density at radius 2 is 2.21 bits per heavy atom.